The lowest BCUT2D eigenvalue weighted by atomic mass is 10.2. The van der Waals surface area contributed by atoms with E-state index in [2.05, 4.69) is 10.2 Å². The summed E-state index contributed by atoms with van der Waals surface area (Å²) < 4.78 is 10.9. The maximum atomic E-state index is 12.6. The van der Waals surface area contributed by atoms with Crippen molar-refractivity contribution in [2.75, 3.05) is 0 Å². The van der Waals surface area contributed by atoms with E-state index in [1.54, 1.807) is 19.1 Å². The van der Waals surface area contributed by atoms with Gasteiger partial charge in [0.1, 0.15) is 5.75 Å². The molecular formula is C17H23N3O3. The van der Waals surface area contributed by atoms with Crippen molar-refractivity contribution in [3.63, 3.8) is 0 Å². The van der Waals surface area contributed by atoms with Crippen molar-refractivity contribution in [1.82, 2.24) is 15.1 Å². The van der Waals surface area contributed by atoms with Gasteiger partial charge in [-0.25, -0.2) is 0 Å². The van der Waals surface area contributed by atoms with Gasteiger partial charge in [0, 0.05) is 17.6 Å². The predicted octanol–water partition coefficient (Wildman–Crippen LogP) is 3.15. The smallest absolute Gasteiger partial charge is 0.263 e. The highest BCUT2D eigenvalue weighted by Gasteiger charge is 2.26. The number of aromatic nitrogens is 2. The minimum atomic E-state index is -0.547. The average Bonchev–Trinajstić information content (AvgIpc) is 3.01. The molecule has 0 saturated carbocycles. The van der Waals surface area contributed by atoms with Crippen LogP contribution in [0.4, 0.5) is 0 Å². The summed E-state index contributed by atoms with van der Waals surface area (Å²) in [5.74, 6) is 1.06. The fourth-order valence-electron chi connectivity index (χ4n) is 2.54. The topological polar surface area (TPSA) is 68.5 Å². The highest BCUT2D eigenvalue weighted by molar-refractivity contribution is 5.81. The fraction of sp³-hybridized carbons (Fsp3) is 0.471. The Balaban J connectivity index is 2.05. The Bertz CT molecular complexity index is 613. The zero-order valence-corrected chi connectivity index (χ0v) is 14.2. The lowest BCUT2D eigenvalue weighted by molar-refractivity contribution is -0.141. The fourth-order valence-corrected chi connectivity index (χ4v) is 2.54. The summed E-state index contributed by atoms with van der Waals surface area (Å²) in [6.45, 7) is 9.78. The quantitative estimate of drug-likeness (QED) is 0.818. The lowest BCUT2D eigenvalue weighted by Gasteiger charge is -2.33. The number of amides is 1. The van der Waals surface area contributed by atoms with Crippen LogP contribution in [0.3, 0.4) is 0 Å². The van der Waals surface area contributed by atoms with Gasteiger partial charge >= 0.3 is 0 Å². The summed E-state index contributed by atoms with van der Waals surface area (Å²) >= 11 is 0. The first-order valence-corrected chi connectivity index (χ1v) is 7.75. The van der Waals surface area contributed by atoms with Gasteiger partial charge in [0.15, 0.2) is 6.10 Å². The van der Waals surface area contributed by atoms with Crippen LogP contribution in [0.2, 0.25) is 0 Å². The Morgan fingerprint density at radius 1 is 1.09 bits per heavy atom. The summed E-state index contributed by atoms with van der Waals surface area (Å²) in [5.41, 5.74) is 0.805. The van der Waals surface area contributed by atoms with E-state index in [1.807, 2.05) is 44.7 Å². The van der Waals surface area contributed by atoms with Crippen LogP contribution in [0, 0.1) is 0 Å². The molecule has 0 radical (unpaired) electrons. The van der Waals surface area contributed by atoms with Crippen LogP contribution in [-0.4, -0.2) is 39.2 Å². The third-order valence-electron chi connectivity index (χ3n) is 3.49. The molecule has 1 heterocycles. The van der Waals surface area contributed by atoms with Crippen LogP contribution in [0.5, 0.6) is 5.75 Å². The van der Waals surface area contributed by atoms with Gasteiger partial charge in [0.2, 0.25) is 12.3 Å². The van der Waals surface area contributed by atoms with Crippen LogP contribution < -0.4 is 4.74 Å². The van der Waals surface area contributed by atoms with Crippen molar-refractivity contribution in [2.24, 2.45) is 0 Å². The maximum absolute atomic E-state index is 12.6. The summed E-state index contributed by atoms with van der Waals surface area (Å²) in [6.07, 6.45) is 0.737. The van der Waals surface area contributed by atoms with Crippen molar-refractivity contribution < 1.29 is 13.9 Å². The molecule has 6 heteroatoms. The van der Waals surface area contributed by atoms with E-state index in [0.29, 0.717) is 11.6 Å². The lowest BCUT2D eigenvalue weighted by Crippen LogP contribution is -2.47. The minimum absolute atomic E-state index is 0.0176. The number of carbonyl (C=O) groups is 1. The molecule has 1 unspecified atom stereocenters. The molecule has 2 rings (SSSR count). The van der Waals surface area contributed by atoms with E-state index in [1.165, 1.54) is 6.39 Å². The third-order valence-corrected chi connectivity index (χ3v) is 3.49. The van der Waals surface area contributed by atoms with E-state index in [0.717, 1.165) is 5.56 Å². The number of benzene rings is 1. The van der Waals surface area contributed by atoms with Gasteiger partial charge in [-0.2, -0.15) is 0 Å². The minimum Gasteiger partial charge on any atom is -0.481 e. The molecule has 0 aliphatic heterocycles. The Hall–Kier alpha value is -2.37. The van der Waals surface area contributed by atoms with Crippen molar-refractivity contribution in [1.29, 1.82) is 0 Å². The highest BCUT2D eigenvalue weighted by Crippen LogP contribution is 2.21. The first-order chi connectivity index (χ1) is 10.9. The standard InChI is InChI=1S/C17H23N3O3/c1-11(2)20(12(3)4)17(21)13(5)23-15-8-6-14(7-9-15)16-19-18-10-22-16/h6-13H,1-5H3. The second kappa shape index (κ2) is 7.26. The van der Waals surface area contributed by atoms with Crippen LogP contribution in [0.15, 0.2) is 35.1 Å². The van der Waals surface area contributed by atoms with Gasteiger partial charge in [-0.1, -0.05) is 0 Å². The number of carbonyl (C=O) groups excluding carboxylic acids is 1. The Kier molecular flexibility index (Phi) is 5.36. The van der Waals surface area contributed by atoms with E-state index >= 15 is 0 Å². The van der Waals surface area contributed by atoms with Crippen LogP contribution >= 0.6 is 0 Å². The van der Waals surface area contributed by atoms with Gasteiger partial charge in [-0.15, -0.1) is 10.2 Å². The second-order valence-corrected chi connectivity index (χ2v) is 5.96. The number of hydrogen-bond donors (Lipinski definition) is 0. The molecule has 6 nitrogen and oxygen atoms in total. The molecule has 0 N–H and O–H groups in total. The predicted molar refractivity (Wildman–Crippen MR) is 86.9 cm³/mol. The molecule has 0 fully saturated rings. The second-order valence-electron chi connectivity index (χ2n) is 5.96. The van der Waals surface area contributed by atoms with E-state index < -0.39 is 6.10 Å². The monoisotopic (exact) mass is 317 g/mol. The number of hydrogen-bond acceptors (Lipinski definition) is 5. The van der Waals surface area contributed by atoms with Crippen molar-refractivity contribution in [2.45, 2.75) is 52.8 Å². The van der Waals surface area contributed by atoms with Crippen LogP contribution in [0.1, 0.15) is 34.6 Å². The van der Waals surface area contributed by atoms with E-state index in [-0.39, 0.29) is 18.0 Å². The molecule has 1 amide bonds. The molecule has 1 aromatic carbocycles. The van der Waals surface area contributed by atoms with E-state index in [4.69, 9.17) is 9.15 Å². The molecule has 1 atom stereocenters. The number of nitrogens with zero attached hydrogens (tertiary/aromatic N) is 3. The summed E-state index contributed by atoms with van der Waals surface area (Å²) in [4.78, 5) is 14.4. The number of ether oxygens (including phenoxy) is 1. The summed E-state index contributed by atoms with van der Waals surface area (Å²) in [5, 5.41) is 7.50. The molecule has 1 aromatic heterocycles. The summed E-state index contributed by atoms with van der Waals surface area (Å²) in [6, 6.07) is 7.49. The molecule has 0 aliphatic carbocycles. The molecule has 23 heavy (non-hydrogen) atoms. The van der Waals surface area contributed by atoms with Gasteiger partial charge in [0.25, 0.3) is 5.91 Å². The third kappa shape index (κ3) is 4.09. The van der Waals surface area contributed by atoms with Crippen LogP contribution in [-0.2, 0) is 4.79 Å². The zero-order chi connectivity index (χ0) is 17.0. The summed E-state index contributed by atoms with van der Waals surface area (Å²) in [7, 11) is 0. The van der Waals surface area contributed by atoms with Gasteiger partial charge in [0.05, 0.1) is 0 Å². The van der Waals surface area contributed by atoms with Crippen molar-refractivity contribution >= 4 is 5.91 Å². The zero-order valence-electron chi connectivity index (χ0n) is 14.2. The first kappa shape index (κ1) is 17.0. The molecule has 124 valence electrons. The van der Waals surface area contributed by atoms with Crippen LogP contribution in [0.25, 0.3) is 11.5 Å². The van der Waals surface area contributed by atoms with E-state index in [9.17, 15) is 4.79 Å². The molecule has 0 spiro atoms. The average molecular weight is 317 g/mol. The number of rotatable bonds is 6. The molecule has 0 saturated heterocycles. The van der Waals surface area contributed by atoms with Crippen molar-refractivity contribution in [3.05, 3.63) is 30.7 Å². The SMILES string of the molecule is CC(Oc1ccc(-c2nnco2)cc1)C(=O)N(C(C)C)C(C)C. The largest absolute Gasteiger partial charge is 0.481 e. The molecule has 0 aliphatic rings. The Morgan fingerprint density at radius 3 is 2.17 bits per heavy atom. The maximum Gasteiger partial charge on any atom is 0.263 e. The Labute approximate surface area is 136 Å². The normalized spacial score (nSPS) is 12.5. The molecule has 2 aromatic rings. The van der Waals surface area contributed by atoms with Gasteiger partial charge in [-0.3, -0.25) is 4.79 Å². The highest BCUT2D eigenvalue weighted by atomic mass is 16.5. The van der Waals surface area contributed by atoms with Gasteiger partial charge in [-0.05, 0) is 58.9 Å². The van der Waals surface area contributed by atoms with Gasteiger partial charge < -0.3 is 14.1 Å². The van der Waals surface area contributed by atoms with Crippen molar-refractivity contribution in [3.8, 4) is 17.2 Å². The molecule has 0 bridgehead atoms. The Morgan fingerprint density at radius 2 is 1.70 bits per heavy atom. The molecular weight excluding hydrogens is 294 g/mol. The first-order valence-electron chi connectivity index (χ1n) is 7.75.